The minimum absolute atomic E-state index is 0.567. The van der Waals surface area contributed by atoms with E-state index in [1.165, 1.54) is 0 Å². The van der Waals surface area contributed by atoms with Gasteiger partial charge in [-0.2, -0.15) is 0 Å². The molecule has 5 heteroatoms. The molecule has 0 heterocycles. The zero-order valence-electron chi connectivity index (χ0n) is 8.69. The van der Waals surface area contributed by atoms with Gasteiger partial charge >= 0.3 is 0 Å². The molecule has 0 bridgehead atoms. The van der Waals surface area contributed by atoms with Crippen molar-refractivity contribution in [2.24, 2.45) is 5.73 Å². The molecule has 82 valence electrons. The van der Waals surface area contributed by atoms with E-state index in [4.69, 9.17) is 11.5 Å². The van der Waals surface area contributed by atoms with Gasteiger partial charge in [-0.3, -0.25) is 9.00 Å². The number of carbonyl (C=O) groups is 1. The minimum atomic E-state index is -1.41. The molecule has 2 unspecified atom stereocenters. The van der Waals surface area contributed by atoms with Gasteiger partial charge in [-0.15, -0.1) is 0 Å². The summed E-state index contributed by atoms with van der Waals surface area (Å²) in [6, 6.07) is 5.04. The van der Waals surface area contributed by atoms with Gasteiger partial charge in [0.2, 0.25) is 5.91 Å². The molecule has 1 amide bonds. The van der Waals surface area contributed by atoms with Gasteiger partial charge in [0.05, 0.1) is 10.8 Å². The van der Waals surface area contributed by atoms with Crippen molar-refractivity contribution in [3.63, 3.8) is 0 Å². The van der Waals surface area contributed by atoms with Crippen molar-refractivity contribution in [2.75, 3.05) is 5.73 Å². The summed E-state index contributed by atoms with van der Waals surface area (Å²) in [5.41, 5.74) is 12.2. The summed E-state index contributed by atoms with van der Waals surface area (Å²) >= 11 is 0. The summed E-state index contributed by atoms with van der Waals surface area (Å²) in [6.07, 6.45) is 0. The third-order valence-corrected chi connectivity index (χ3v) is 3.79. The fourth-order valence-electron chi connectivity index (χ4n) is 1.08. The highest BCUT2D eigenvalue weighted by Crippen LogP contribution is 2.17. The fraction of sp³-hybridized carbons (Fsp3) is 0.300. The number of aryl methyl sites for hydroxylation is 1. The molecule has 0 aliphatic carbocycles. The van der Waals surface area contributed by atoms with E-state index < -0.39 is 22.0 Å². The highest BCUT2D eigenvalue weighted by molar-refractivity contribution is 7.86. The van der Waals surface area contributed by atoms with Crippen LogP contribution in [-0.2, 0) is 15.6 Å². The van der Waals surface area contributed by atoms with E-state index in [-0.39, 0.29) is 0 Å². The number of nitrogen functional groups attached to an aromatic ring is 1. The SMILES string of the molecule is Cc1cc(S(=O)C(C)C(N)=O)ccc1N. The predicted octanol–water partition coefficient (Wildman–Crippen LogP) is 0.559. The number of benzene rings is 1. The second-order valence-electron chi connectivity index (χ2n) is 3.36. The van der Waals surface area contributed by atoms with Crippen molar-refractivity contribution in [2.45, 2.75) is 24.0 Å². The van der Waals surface area contributed by atoms with E-state index in [1.807, 2.05) is 6.92 Å². The third kappa shape index (κ3) is 2.56. The van der Waals surface area contributed by atoms with Gasteiger partial charge < -0.3 is 11.5 Å². The summed E-state index contributed by atoms with van der Waals surface area (Å²) in [5, 5.41) is -0.687. The van der Waals surface area contributed by atoms with E-state index in [2.05, 4.69) is 0 Å². The maximum Gasteiger partial charge on any atom is 0.233 e. The Bertz CT molecular complexity index is 418. The fourth-order valence-corrected chi connectivity index (χ4v) is 2.20. The van der Waals surface area contributed by atoms with Crippen LogP contribution in [-0.4, -0.2) is 15.4 Å². The molecular formula is C10H14N2O2S. The summed E-state index contributed by atoms with van der Waals surface area (Å²) in [6.45, 7) is 3.37. The molecule has 0 saturated heterocycles. The van der Waals surface area contributed by atoms with Crippen LogP contribution in [0.1, 0.15) is 12.5 Å². The van der Waals surface area contributed by atoms with Crippen molar-refractivity contribution >= 4 is 22.4 Å². The molecule has 0 aliphatic rings. The van der Waals surface area contributed by atoms with Gasteiger partial charge in [0.25, 0.3) is 0 Å². The number of amides is 1. The average molecular weight is 226 g/mol. The summed E-state index contributed by atoms with van der Waals surface area (Å²) in [4.78, 5) is 11.4. The van der Waals surface area contributed by atoms with Gasteiger partial charge in [-0.1, -0.05) is 0 Å². The van der Waals surface area contributed by atoms with Gasteiger partial charge in [0.15, 0.2) is 0 Å². The molecule has 1 aromatic rings. The Balaban J connectivity index is 3.02. The van der Waals surface area contributed by atoms with E-state index in [0.717, 1.165) is 5.56 Å². The average Bonchev–Trinajstić information content (AvgIpc) is 2.19. The Morgan fingerprint density at radius 2 is 2.07 bits per heavy atom. The standard InChI is InChI=1S/C10H14N2O2S/c1-6-5-8(3-4-9(6)11)15(14)7(2)10(12)13/h3-5,7H,11H2,1-2H3,(H2,12,13). The third-order valence-electron chi connectivity index (χ3n) is 2.20. The van der Waals surface area contributed by atoms with Crippen LogP contribution in [0.25, 0.3) is 0 Å². The highest BCUT2D eigenvalue weighted by atomic mass is 32.2. The lowest BCUT2D eigenvalue weighted by Crippen LogP contribution is -2.29. The molecule has 1 aromatic carbocycles. The maximum atomic E-state index is 11.8. The minimum Gasteiger partial charge on any atom is -0.399 e. The van der Waals surface area contributed by atoms with E-state index in [9.17, 15) is 9.00 Å². The van der Waals surface area contributed by atoms with Crippen LogP contribution >= 0.6 is 0 Å². The second-order valence-corrected chi connectivity index (χ2v) is 5.13. The summed E-state index contributed by atoms with van der Waals surface area (Å²) < 4.78 is 11.8. The van der Waals surface area contributed by atoms with Gasteiger partial charge in [-0.05, 0) is 37.6 Å². The van der Waals surface area contributed by atoms with Gasteiger partial charge in [0.1, 0.15) is 5.25 Å². The second kappa shape index (κ2) is 4.44. The predicted molar refractivity (Wildman–Crippen MR) is 60.7 cm³/mol. The molecule has 0 saturated carbocycles. The van der Waals surface area contributed by atoms with Crippen molar-refractivity contribution in [3.8, 4) is 0 Å². The van der Waals surface area contributed by atoms with E-state index >= 15 is 0 Å². The molecule has 1 rings (SSSR count). The molecule has 2 atom stereocenters. The number of primary amides is 1. The first-order valence-electron chi connectivity index (χ1n) is 4.49. The van der Waals surface area contributed by atoms with Gasteiger partial charge in [0, 0.05) is 10.6 Å². The van der Waals surface area contributed by atoms with E-state index in [0.29, 0.717) is 10.6 Å². The number of hydrogen-bond donors (Lipinski definition) is 2. The lowest BCUT2D eigenvalue weighted by molar-refractivity contribution is -0.117. The first-order valence-corrected chi connectivity index (χ1v) is 5.71. The first kappa shape index (κ1) is 11.7. The number of rotatable bonds is 3. The molecule has 0 radical (unpaired) electrons. The summed E-state index contributed by atoms with van der Waals surface area (Å²) in [5.74, 6) is -0.567. The van der Waals surface area contributed by atoms with Crippen LogP contribution in [0, 0.1) is 6.92 Å². The van der Waals surface area contributed by atoms with Crippen molar-refractivity contribution < 1.29 is 9.00 Å². The Morgan fingerprint density at radius 1 is 1.47 bits per heavy atom. The lowest BCUT2D eigenvalue weighted by Gasteiger charge is -2.09. The highest BCUT2D eigenvalue weighted by Gasteiger charge is 2.18. The Morgan fingerprint density at radius 3 is 2.53 bits per heavy atom. The number of hydrogen-bond acceptors (Lipinski definition) is 3. The van der Waals surface area contributed by atoms with Crippen molar-refractivity contribution in [3.05, 3.63) is 23.8 Å². The lowest BCUT2D eigenvalue weighted by atomic mass is 10.2. The van der Waals surface area contributed by atoms with Crippen molar-refractivity contribution in [1.82, 2.24) is 0 Å². The smallest absolute Gasteiger partial charge is 0.233 e. The first-order chi connectivity index (χ1) is 6.93. The molecule has 15 heavy (non-hydrogen) atoms. The largest absolute Gasteiger partial charge is 0.399 e. The topological polar surface area (TPSA) is 86.2 Å². The Hall–Kier alpha value is -1.36. The molecule has 0 spiro atoms. The van der Waals surface area contributed by atoms with Gasteiger partial charge in [-0.25, -0.2) is 0 Å². The quantitative estimate of drug-likeness (QED) is 0.738. The van der Waals surface area contributed by atoms with Crippen molar-refractivity contribution in [1.29, 1.82) is 0 Å². The van der Waals surface area contributed by atoms with Crippen LogP contribution < -0.4 is 11.5 Å². The maximum absolute atomic E-state index is 11.8. The molecule has 0 aliphatic heterocycles. The van der Waals surface area contributed by atoms with Crippen LogP contribution in [0.3, 0.4) is 0 Å². The molecular weight excluding hydrogens is 212 g/mol. The van der Waals surface area contributed by atoms with E-state index in [1.54, 1.807) is 25.1 Å². The monoisotopic (exact) mass is 226 g/mol. The molecule has 0 fully saturated rings. The molecule has 4 N–H and O–H groups in total. The number of carbonyl (C=O) groups excluding carboxylic acids is 1. The van der Waals surface area contributed by atoms with Crippen LogP contribution in [0.5, 0.6) is 0 Å². The van der Waals surface area contributed by atoms with Crippen LogP contribution in [0.4, 0.5) is 5.69 Å². The zero-order valence-corrected chi connectivity index (χ0v) is 9.51. The zero-order chi connectivity index (χ0) is 11.6. The number of anilines is 1. The molecule has 0 aromatic heterocycles. The molecule has 4 nitrogen and oxygen atoms in total. The normalized spacial score (nSPS) is 14.5. The Labute approximate surface area is 91.1 Å². The number of nitrogens with two attached hydrogens (primary N) is 2. The van der Waals surface area contributed by atoms with Crippen LogP contribution in [0.15, 0.2) is 23.1 Å². The summed E-state index contributed by atoms with van der Waals surface area (Å²) in [7, 11) is -1.41. The Kier molecular flexibility index (Phi) is 3.47. The van der Waals surface area contributed by atoms with Crippen LogP contribution in [0.2, 0.25) is 0 Å².